The highest BCUT2D eigenvalue weighted by atomic mass is 16.5. The number of nitrogens with two attached hydrogens (primary N) is 1. The van der Waals surface area contributed by atoms with Crippen molar-refractivity contribution >= 4 is 22.6 Å². The van der Waals surface area contributed by atoms with E-state index in [-0.39, 0.29) is 12.1 Å². The Balaban J connectivity index is 0.000000227. The van der Waals surface area contributed by atoms with Crippen LogP contribution >= 0.6 is 0 Å². The van der Waals surface area contributed by atoms with Crippen molar-refractivity contribution in [2.75, 3.05) is 18.9 Å². The second kappa shape index (κ2) is 10.5. The quantitative estimate of drug-likeness (QED) is 0.825. The third kappa shape index (κ3) is 5.81. The molecule has 2 aromatic rings. The first-order chi connectivity index (χ1) is 12.7. The fraction of sp³-hybridized carbons (Fsp3) is 0.450. The van der Waals surface area contributed by atoms with E-state index in [0.29, 0.717) is 12.4 Å². The number of Topliss-reactive ketones (excluding diaryl/α,β-unsaturated/α-hetero) is 1. The molecule has 0 radical (unpaired) electrons. The second-order valence-electron chi connectivity index (χ2n) is 6.12. The smallest absolute Gasteiger partial charge is 0.220 e. The summed E-state index contributed by atoms with van der Waals surface area (Å²) in [6.07, 6.45) is 7.97. The van der Waals surface area contributed by atoms with Crippen LogP contribution in [0.3, 0.4) is 0 Å². The van der Waals surface area contributed by atoms with Gasteiger partial charge in [0, 0.05) is 30.8 Å². The summed E-state index contributed by atoms with van der Waals surface area (Å²) in [4.78, 5) is 18.6. The highest BCUT2D eigenvalue weighted by Crippen LogP contribution is 2.26. The summed E-state index contributed by atoms with van der Waals surface area (Å²) in [6.45, 7) is 7.39. The van der Waals surface area contributed by atoms with Gasteiger partial charge in [-0.1, -0.05) is 18.6 Å². The fourth-order valence-corrected chi connectivity index (χ4v) is 2.87. The van der Waals surface area contributed by atoms with Gasteiger partial charge in [-0.3, -0.25) is 4.79 Å². The van der Waals surface area contributed by atoms with Gasteiger partial charge >= 0.3 is 0 Å². The predicted molar refractivity (Wildman–Crippen MR) is 103 cm³/mol. The molecule has 1 saturated carbocycles. The normalized spacial score (nSPS) is 19.1. The lowest BCUT2D eigenvalue weighted by atomic mass is 10.00. The number of benzene rings is 1. The molecular formula is C20H27N3O3. The Kier molecular flexibility index (Phi) is 8.02. The third-order valence-electron chi connectivity index (χ3n) is 4.19. The average molecular weight is 357 g/mol. The highest BCUT2D eigenvalue weighted by Gasteiger charge is 2.18. The molecule has 2 N–H and O–H groups in total. The number of nitrogens with zero attached hydrogens (tertiary/aromatic N) is 2. The number of ketones is 1. The van der Waals surface area contributed by atoms with E-state index in [2.05, 4.69) is 23.1 Å². The molecule has 1 aromatic heterocycles. The maximum atomic E-state index is 10.5. The van der Waals surface area contributed by atoms with Gasteiger partial charge in [0.05, 0.1) is 13.2 Å². The number of carbonyl (C=O) groups excluding carboxylic acids is 1. The number of aromatic nitrogens is 2. The molecule has 140 valence electrons. The van der Waals surface area contributed by atoms with Gasteiger partial charge in [0.1, 0.15) is 23.2 Å². The molecule has 0 amide bonds. The minimum atomic E-state index is 0.108. The zero-order chi connectivity index (χ0) is 18.8. The number of anilines is 1. The first-order valence-corrected chi connectivity index (χ1v) is 9.00. The number of hydrogen-bond donors (Lipinski definition) is 1. The van der Waals surface area contributed by atoms with Gasteiger partial charge in [-0.15, -0.1) is 13.2 Å². The second-order valence-corrected chi connectivity index (χ2v) is 6.12. The molecule has 0 bridgehead atoms. The Bertz CT molecular complexity index is 707. The molecule has 1 saturated heterocycles. The van der Waals surface area contributed by atoms with Gasteiger partial charge in [0.2, 0.25) is 5.95 Å². The van der Waals surface area contributed by atoms with E-state index in [4.69, 9.17) is 15.2 Å². The van der Waals surface area contributed by atoms with E-state index < -0.39 is 0 Å². The molecule has 2 heterocycles. The van der Waals surface area contributed by atoms with Crippen LogP contribution in [-0.4, -0.2) is 35.1 Å². The molecule has 2 fully saturated rings. The summed E-state index contributed by atoms with van der Waals surface area (Å²) in [7, 11) is 0. The molecule has 26 heavy (non-hydrogen) atoms. The van der Waals surface area contributed by atoms with E-state index >= 15 is 0 Å². The van der Waals surface area contributed by atoms with Crippen molar-refractivity contribution in [3.63, 3.8) is 0 Å². The summed E-state index contributed by atoms with van der Waals surface area (Å²) < 4.78 is 11.2. The summed E-state index contributed by atoms with van der Waals surface area (Å²) in [6, 6.07) is 5.76. The van der Waals surface area contributed by atoms with Crippen LogP contribution in [0.15, 0.2) is 37.6 Å². The Hall–Kier alpha value is -2.47. The SMILES string of the molecule is C=C.Nc1ncc2cccc(OC3CCOC3)c2n1.O=C1CCCCC1. The molecular weight excluding hydrogens is 330 g/mol. The summed E-state index contributed by atoms with van der Waals surface area (Å²) in [5, 5.41) is 0.926. The Morgan fingerprint density at radius 3 is 2.58 bits per heavy atom. The Morgan fingerprint density at radius 1 is 1.19 bits per heavy atom. The van der Waals surface area contributed by atoms with Crippen LogP contribution in [-0.2, 0) is 9.53 Å². The highest BCUT2D eigenvalue weighted by molar-refractivity contribution is 5.84. The van der Waals surface area contributed by atoms with Crippen molar-refractivity contribution in [1.29, 1.82) is 0 Å². The fourth-order valence-electron chi connectivity index (χ4n) is 2.87. The average Bonchev–Trinajstić information content (AvgIpc) is 3.18. The molecule has 1 unspecified atom stereocenters. The van der Waals surface area contributed by atoms with Crippen LogP contribution in [0.5, 0.6) is 5.75 Å². The largest absolute Gasteiger partial charge is 0.486 e. The van der Waals surface area contributed by atoms with Crippen molar-refractivity contribution < 1.29 is 14.3 Å². The standard InChI is InChI=1S/C12H13N3O2.C6H10O.C2H4/c13-12-14-6-8-2-1-3-10(11(8)15-12)17-9-4-5-16-7-9;7-6-4-2-1-3-5-6;1-2/h1-3,6,9H,4-5,7H2,(H2,13,14,15);1-5H2;1-2H2. The summed E-state index contributed by atoms with van der Waals surface area (Å²) >= 11 is 0. The molecule has 6 heteroatoms. The zero-order valence-electron chi connectivity index (χ0n) is 15.2. The van der Waals surface area contributed by atoms with Crippen LogP contribution in [0, 0.1) is 0 Å². The molecule has 0 spiro atoms. The number of nitrogen functional groups attached to an aromatic ring is 1. The van der Waals surface area contributed by atoms with E-state index in [9.17, 15) is 4.79 Å². The van der Waals surface area contributed by atoms with Gasteiger partial charge in [-0.05, 0) is 18.9 Å². The van der Waals surface area contributed by atoms with Crippen molar-refractivity contribution in [1.82, 2.24) is 9.97 Å². The number of rotatable bonds is 2. The molecule has 1 aromatic carbocycles. The maximum absolute atomic E-state index is 10.5. The Labute approximate surface area is 154 Å². The van der Waals surface area contributed by atoms with E-state index in [1.54, 1.807) is 6.20 Å². The van der Waals surface area contributed by atoms with Crippen LogP contribution in [0.25, 0.3) is 10.9 Å². The van der Waals surface area contributed by atoms with Crippen molar-refractivity contribution in [3.8, 4) is 5.75 Å². The monoisotopic (exact) mass is 357 g/mol. The topological polar surface area (TPSA) is 87.3 Å². The first kappa shape index (κ1) is 19.8. The first-order valence-electron chi connectivity index (χ1n) is 9.00. The molecule has 6 nitrogen and oxygen atoms in total. The van der Waals surface area contributed by atoms with Gasteiger partial charge in [0.15, 0.2) is 0 Å². The van der Waals surface area contributed by atoms with Gasteiger partial charge < -0.3 is 15.2 Å². The van der Waals surface area contributed by atoms with Crippen LogP contribution in [0.1, 0.15) is 38.5 Å². The maximum Gasteiger partial charge on any atom is 0.220 e. The lowest BCUT2D eigenvalue weighted by Crippen LogP contribution is -2.16. The van der Waals surface area contributed by atoms with Crippen molar-refractivity contribution in [3.05, 3.63) is 37.6 Å². The minimum absolute atomic E-state index is 0.108. The predicted octanol–water partition coefficient (Wildman–Crippen LogP) is 3.70. The molecule has 4 rings (SSSR count). The third-order valence-corrected chi connectivity index (χ3v) is 4.19. The summed E-state index contributed by atoms with van der Waals surface area (Å²) in [5.41, 5.74) is 6.35. The van der Waals surface area contributed by atoms with Crippen LogP contribution in [0.4, 0.5) is 5.95 Å². The molecule has 1 aliphatic heterocycles. The van der Waals surface area contributed by atoms with E-state index in [0.717, 1.165) is 55.4 Å². The van der Waals surface area contributed by atoms with Crippen molar-refractivity contribution in [2.24, 2.45) is 0 Å². The molecule has 2 aliphatic rings. The minimum Gasteiger partial charge on any atom is -0.486 e. The number of fused-ring (bicyclic) bond motifs is 1. The van der Waals surface area contributed by atoms with E-state index in [1.165, 1.54) is 6.42 Å². The summed E-state index contributed by atoms with van der Waals surface area (Å²) in [5.74, 6) is 1.47. The van der Waals surface area contributed by atoms with Crippen molar-refractivity contribution in [2.45, 2.75) is 44.6 Å². The number of carbonyl (C=O) groups is 1. The number of hydrogen-bond acceptors (Lipinski definition) is 6. The van der Waals surface area contributed by atoms with Crippen LogP contribution < -0.4 is 10.5 Å². The zero-order valence-corrected chi connectivity index (χ0v) is 15.2. The van der Waals surface area contributed by atoms with Gasteiger partial charge in [-0.25, -0.2) is 9.97 Å². The molecule has 1 atom stereocenters. The molecule has 1 aliphatic carbocycles. The van der Waals surface area contributed by atoms with Gasteiger partial charge in [0.25, 0.3) is 0 Å². The lowest BCUT2D eigenvalue weighted by Gasteiger charge is -2.13. The van der Waals surface area contributed by atoms with E-state index in [1.807, 2.05) is 18.2 Å². The number of para-hydroxylation sites is 1. The lowest BCUT2D eigenvalue weighted by molar-refractivity contribution is -0.120. The Morgan fingerprint density at radius 2 is 1.96 bits per heavy atom. The van der Waals surface area contributed by atoms with Crippen LogP contribution in [0.2, 0.25) is 0 Å². The van der Waals surface area contributed by atoms with Gasteiger partial charge in [-0.2, -0.15) is 0 Å². The number of ether oxygens (including phenoxy) is 2.